The minimum Gasteiger partial charge on any atom is -0.399 e. The lowest BCUT2D eigenvalue weighted by atomic mass is 10.1. The van der Waals surface area contributed by atoms with Crippen LogP contribution in [0.15, 0.2) is 48.5 Å². The largest absolute Gasteiger partial charge is 0.399 e. The Balaban J connectivity index is 1.88. The summed E-state index contributed by atoms with van der Waals surface area (Å²) in [6.45, 7) is 1.95. The fourth-order valence-electron chi connectivity index (χ4n) is 2.36. The van der Waals surface area contributed by atoms with Gasteiger partial charge in [0.25, 0.3) is 0 Å². The number of nitrogen functional groups attached to an aromatic ring is 1. The normalized spacial score (nSPS) is 10.2. The minimum atomic E-state index is -0.0746. The molecule has 2 aromatic rings. The summed E-state index contributed by atoms with van der Waals surface area (Å²) in [5.41, 5.74) is 8.81. The van der Waals surface area contributed by atoms with Crippen molar-refractivity contribution < 1.29 is 9.59 Å². The van der Waals surface area contributed by atoms with Gasteiger partial charge < -0.3 is 16.4 Å². The van der Waals surface area contributed by atoms with Crippen LogP contribution in [0, 0.1) is 0 Å². The highest BCUT2D eigenvalue weighted by Gasteiger charge is 2.06. The second kappa shape index (κ2) is 8.72. The van der Waals surface area contributed by atoms with E-state index in [9.17, 15) is 9.59 Å². The Hall–Kier alpha value is -2.82. The van der Waals surface area contributed by atoms with Gasteiger partial charge in [-0.25, -0.2) is 0 Å². The van der Waals surface area contributed by atoms with Gasteiger partial charge in [-0.2, -0.15) is 0 Å². The van der Waals surface area contributed by atoms with Crippen LogP contribution in [-0.4, -0.2) is 11.8 Å². The average molecular weight is 325 g/mol. The summed E-state index contributed by atoms with van der Waals surface area (Å²) in [4.78, 5) is 23.7. The van der Waals surface area contributed by atoms with Gasteiger partial charge in [-0.3, -0.25) is 9.59 Å². The van der Waals surface area contributed by atoms with E-state index in [1.807, 2.05) is 31.2 Å². The lowest BCUT2D eigenvalue weighted by molar-refractivity contribution is -0.117. The highest BCUT2D eigenvalue weighted by molar-refractivity contribution is 5.94. The number of anilines is 3. The number of amides is 2. The second-order valence-corrected chi connectivity index (χ2v) is 5.67. The van der Waals surface area contributed by atoms with E-state index in [-0.39, 0.29) is 11.8 Å². The monoisotopic (exact) mass is 325 g/mol. The van der Waals surface area contributed by atoms with Crippen LogP contribution in [0.4, 0.5) is 17.1 Å². The van der Waals surface area contributed by atoms with Gasteiger partial charge in [0.05, 0.1) is 0 Å². The maximum atomic E-state index is 12.1. The molecule has 0 aliphatic heterocycles. The summed E-state index contributed by atoms with van der Waals surface area (Å²) >= 11 is 0. The maximum Gasteiger partial charge on any atom is 0.224 e. The number of rotatable bonds is 7. The molecular weight excluding hydrogens is 302 g/mol. The summed E-state index contributed by atoms with van der Waals surface area (Å²) in [5, 5.41) is 5.67. The third-order valence-corrected chi connectivity index (χ3v) is 3.50. The highest BCUT2D eigenvalue weighted by Crippen LogP contribution is 2.16. The number of aryl methyl sites for hydroxylation is 1. The Labute approximate surface area is 142 Å². The molecule has 0 aliphatic carbocycles. The van der Waals surface area contributed by atoms with Crippen molar-refractivity contribution in [2.24, 2.45) is 0 Å². The molecule has 0 unspecified atom stereocenters. The van der Waals surface area contributed by atoms with E-state index in [0.717, 1.165) is 12.0 Å². The number of carbonyl (C=O) groups excluding carboxylic acids is 2. The van der Waals surface area contributed by atoms with Gasteiger partial charge in [0, 0.05) is 29.9 Å². The van der Waals surface area contributed by atoms with Crippen molar-refractivity contribution in [2.45, 2.75) is 32.6 Å². The summed E-state index contributed by atoms with van der Waals surface area (Å²) in [6.07, 6.45) is 2.28. The fraction of sp³-hybridized carbons (Fsp3) is 0.263. The van der Waals surface area contributed by atoms with E-state index < -0.39 is 0 Å². The molecule has 2 aromatic carbocycles. The first-order chi connectivity index (χ1) is 11.6. The van der Waals surface area contributed by atoms with Gasteiger partial charge in [0.1, 0.15) is 0 Å². The van der Waals surface area contributed by atoms with E-state index in [4.69, 9.17) is 5.73 Å². The summed E-state index contributed by atoms with van der Waals surface area (Å²) in [7, 11) is 0. The topological polar surface area (TPSA) is 84.2 Å². The third-order valence-electron chi connectivity index (χ3n) is 3.50. The van der Waals surface area contributed by atoms with Crippen molar-refractivity contribution in [1.29, 1.82) is 0 Å². The smallest absolute Gasteiger partial charge is 0.224 e. The van der Waals surface area contributed by atoms with E-state index in [2.05, 4.69) is 10.6 Å². The maximum absolute atomic E-state index is 12.1. The summed E-state index contributed by atoms with van der Waals surface area (Å²) < 4.78 is 0. The molecule has 0 atom stereocenters. The summed E-state index contributed by atoms with van der Waals surface area (Å²) in [6, 6.07) is 14.7. The fourth-order valence-corrected chi connectivity index (χ4v) is 2.36. The molecule has 0 fully saturated rings. The lowest BCUT2D eigenvalue weighted by Gasteiger charge is -2.09. The molecule has 24 heavy (non-hydrogen) atoms. The zero-order valence-electron chi connectivity index (χ0n) is 13.8. The van der Waals surface area contributed by atoms with E-state index in [0.29, 0.717) is 36.3 Å². The molecular formula is C19H23N3O2. The molecule has 0 radical (unpaired) electrons. The molecule has 126 valence electrons. The molecule has 0 aliphatic rings. The number of nitrogens with two attached hydrogens (primary N) is 1. The molecule has 0 bridgehead atoms. The van der Waals surface area contributed by atoms with Crippen molar-refractivity contribution in [3.63, 3.8) is 0 Å². The van der Waals surface area contributed by atoms with Gasteiger partial charge in [0.2, 0.25) is 11.8 Å². The van der Waals surface area contributed by atoms with Crippen LogP contribution in [0.2, 0.25) is 0 Å². The van der Waals surface area contributed by atoms with Crippen LogP contribution in [0.1, 0.15) is 31.7 Å². The predicted molar refractivity (Wildman–Crippen MR) is 97.8 cm³/mol. The number of nitrogens with one attached hydrogen (secondary N) is 2. The highest BCUT2D eigenvalue weighted by atomic mass is 16.2. The SMILES string of the molecule is CCCC(=O)Nc1cccc(NC(=O)CCc2cccc(N)c2)c1. The van der Waals surface area contributed by atoms with Crippen LogP contribution in [-0.2, 0) is 16.0 Å². The van der Waals surface area contributed by atoms with Crippen LogP contribution in [0.25, 0.3) is 0 Å². The minimum absolute atomic E-state index is 0.0253. The standard InChI is InChI=1S/C19H23N3O2/c1-2-5-18(23)21-16-8-4-9-17(13-16)22-19(24)11-10-14-6-3-7-15(20)12-14/h3-4,6-9,12-13H,2,5,10-11,20H2,1H3,(H,21,23)(H,22,24). The number of hydrogen-bond donors (Lipinski definition) is 3. The van der Waals surface area contributed by atoms with Crippen LogP contribution >= 0.6 is 0 Å². The molecule has 4 N–H and O–H groups in total. The molecule has 2 amide bonds. The predicted octanol–water partition coefficient (Wildman–Crippen LogP) is 3.58. The van der Waals surface area contributed by atoms with Crippen molar-refractivity contribution in [1.82, 2.24) is 0 Å². The molecule has 5 nitrogen and oxygen atoms in total. The van der Waals surface area contributed by atoms with E-state index in [1.165, 1.54) is 0 Å². The van der Waals surface area contributed by atoms with Crippen LogP contribution < -0.4 is 16.4 Å². The van der Waals surface area contributed by atoms with Crippen molar-refractivity contribution in [2.75, 3.05) is 16.4 Å². The Kier molecular flexibility index (Phi) is 6.37. The number of carbonyl (C=O) groups is 2. The van der Waals surface area contributed by atoms with Gasteiger partial charge in [-0.1, -0.05) is 25.1 Å². The van der Waals surface area contributed by atoms with E-state index >= 15 is 0 Å². The zero-order valence-corrected chi connectivity index (χ0v) is 13.8. The Morgan fingerprint density at radius 3 is 2.17 bits per heavy atom. The third kappa shape index (κ3) is 5.76. The van der Waals surface area contributed by atoms with Gasteiger partial charge in [-0.15, -0.1) is 0 Å². The van der Waals surface area contributed by atoms with Crippen LogP contribution in [0.5, 0.6) is 0 Å². The van der Waals surface area contributed by atoms with Crippen molar-refractivity contribution >= 4 is 28.9 Å². The molecule has 0 spiro atoms. The van der Waals surface area contributed by atoms with E-state index in [1.54, 1.807) is 24.3 Å². The molecule has 0 saturated carbocycles. The first-order valence-corrected chi connectivity index (χ1v) is 8.11. The second-order valence-electron chi connectivity index (χ2n) is 5.67. The Bertz CT molecular complexity index is 713. The lowest BCUT2D eigenvalue weighted by Crippen LogP contribution is -2.13. The molecule has 5 heteroatoms. The first-order valence-electron chi connectivity index (χ1n) is 8.11. The summed E-state index contributed by atoms with van der Waals surface area (Å²) in [5.74, 6) is -0.0999. The average Bonchev–Trinajstić information content (AvgIpc) is 2.53. The Morgan fingerprint density at radius 2 is 1.54 bits per heavy atom. The molecule has 0 heterocycles. The Morgan fingerprint density at radius 1 is 0.917 bits per heavy atom. The van der Waals surface area contributed by atoms with Crippen molar-refractivity contribution in [3.8, 4) is 0 Å². The molecule has 0 saturated heterocycles. The first kappa shape index (κ1) is 17.5. The number of hydrogen-bond acceptors (Lipinski definition) is 3. The molecule has 0 aromatic heterocycles. The van der Waals surface area contributed by atoms with Gasteiger partial charge in [-0.05, 0) is 48.7 Å². The van der Waals surface area contributed by atoms with Gasteiger partial charge in [0.15, 0.2) is 0 Å². The van der Waals surface area contributed by atoms with Crippen LogP contribution in [0.3, 0.4) is 0 Å². The molecule has 2 rings (SSSR count). The van der Waals surface area contributed by atoms with Gasteiger partial charge >= 0.3 is 0 Å². The van der Waals surface area contributed by atoms with Crippen molar-refractivity contribution in [3.05, 3.63) is 54.1 Å². The zero-order chi connectivity index (χ0) is 17.4. The number of benzene rings is 2. The quantitative estimate of drug-likeness (QED) is 0.680.